The van der Waals surface area contributed by atoms with E-state index in [1.807, 2.05) is 16.7 Å². The van der Waals surface area contributed by atoms with Gasteiger partial charge in [0.1, 0.15) is 0 Å². The lowest BCUT2D eigenvalue weighted by molar-refractivity contribution is 0.0697. The number of fused-ring (bicyclic) bond motifs is 1. The van der Waals surface area contributed by atoms with Gasteiger partial charge in [0, 0.05) is 31.1 Å². The summed E-state index contributed by atoms with van der Waals surface area (Å²) >= 11 is 0. The third-order valence-electron chi connectivity index (χ3n) is 3.55. The molecule has 3 heterocycles. The van der Waals surface area contributed by atoms with Gasteiger partial charge in [0.25, 0.3) is 0 Å². The molecule has 4 nitrogen and oxygen atoms in total. The second kappa shape index (κ2) is 4.46. The summed E-state index contributed by atoms with van der Waals surface area (Å²) in [6, 6.07) is 5.77. The normalized spacial score (nSPS) is 17.1. The average Bonchev–Trinajstić information content (AvgIpc) is 2.82. The Kier molecular flexibility index (Phi) is 2.80. The molecule has 0 unspecified atom stereocenters. The zero-order valence-corrected chi connectivity index (χ0v) is 10.0. The van der Waals surface area contributed by atoms with Crippen molar-refractivity contribution in [3.05, 3.63) is 41.7 Å². The Balaban J connectivity index is 1.96. The van der Waals surface area contributed by atoms with Crippen LogP contribution in [0, 0.1) is 0 Å². The molecule has 0 radical (unpaired) electrons. The number of pyridine rings is 1. The van der Waals surface area contributed by atoms with Crippen LogP contribution in [-0.4, -0.2) is 28.7 Å². The first-order chi connectivity index (χ1) is 8.74. The van der Waals surface area contributed by atoms with Gasteiger partial charge in [-0.15, -0.1) is 0 Å². The van der Waals surface area contributed by atoms with E-state index in [1.54, 1.807) is 12.3 Å². The lowest BCUT2D eigenvalue weighted by Gasteiger charge is -2.22. The molecule has 4 heteroatoms. The Morgan fingerprint density at radius 1 is 1.28 bits per heavy atom. The van der Waals surface area contributed by atoms with Crippen molar-refractivity contribution >= 4 is 11.5 Å². The molecule has 0 atom stereocenters. The molecular weight excluding hydrogens is 230 g/mol. The van der Waals surface area contributed by atoms with Crippen LogP contribution in [0.25, 0.3) is 5.52 Å². The first kappa shape index (κ1) is 11.3. The van der Waals surface area contributed by atoms with Crippen LogP contribution in [0.15, 0.2) is 30.6 Å². The van der Waals surface area contributed by atoms with E-state index in [4.69, 9.17) is 9.84 Å². The van der Waals surface area contributed by atoms with E-state index in [-0.39, 0.29) is 0 Å². The fourth-order valence-corrected chi connectivity index (χ4v) is 2.52. The summed E-state index contributed by atoms with van der Waals surface area (Å²) in [5, 5.41) is 8.97. The van der Waals surface area contributed by atoms with Crippen molar-refractivity contribution in [1.29, 1.82) is 0 Å². The van der Waals surface area contributed by atoms with Gasteiger partial charge >= 0.3 is 5.97 Å². The Morgan fingerprint density at radius 3 is 2.78 bits per heavy atom. The highest BCUT2D eigenvalue weighted by atomic mass is 16.5. The molecule has 0 spiro atoms. The summed E-state index contributed by atoms with van der Waals surface area (Å²) in [6.45, 7) is 1.63. The molecule has 0 amide bonds. The maximum absolute atomic E-state index is 10.9. The van der Waals surface area contributed by atoms with Gasteiger partial charge < -0.3 is 14.2 Å². The van der Waals surface area contributed by atoms with E-state index in [1.165, 1.54) is 5.56 Å². The summed E-state index contributed by atoms with van der Waals surface area (Å²) in [7, 11) is 0. The highest BCUT2D eigenvalue weighted by molar-refractivity contribution is 5.89. The number of hydrogen-bond acceptors (Lipinski definition) is 2. The lowest BCUT2D eigenvalue weighted by Crippen LogP contribution is -2.14. The monoisotopic (exact) mass is 245 g/mol. The molecule has 1 aliphatic heterocycles. The van der Waals surface area contributed by atoms with Crippen molar-refractivity contribution in [1.82, 2.24) is 4.40 Å². The van der Waals surface area contributed by atoms with Crippen molar-refractivity contribution in [2.45, 2.75) is 18.8 Å². The molecule has 2 aromatic heterocycles. The van der Waals surface area contributed by atoms with Gasteiger partial charge in [-0.1, -0.05) is 6.07 Å². The Hall–Kier alpha value is -1.81. The Bertz CT molecular complexity index is 582. The zero-order valence-electron chi connectivity index (χ0n) is 10.0. The third kappa shape index (κ3) is 1.99. The van der Waals surface area contributed by atoms with Crippen molar-refractivity contribution in [3.63, 3.8) is 0 Å². The van der Waals surface area contributed by atoms with Crippen molar-refractivity contribution < 1.29 is 14.6 Å². The number of nitrogens with zero attached hydrogens (tertiary/aromatic N) is 1. The summed E-state index contributed by atoms with van der Waals surface area (Å²) in [4.78, 5) is 10.9. The molecule has 94 valence electrons. The second-order valence-electron chi connectivity index (χ2n) is 4.72. The van der Waals surface area contributed by atoms with Gasteiger partial charge in [0.05, 0.1) is 5.56 Å². The smallest absolute Gasteiger partial charge is 0.337 e. The number of carboxylic acid groups (broad SMARTS) is 1. The summed E-state index contributed by atoms with van der Waals surface area (Å²) < 4.78 is 7.26. The first-order valence-corrected chi connectivity index (χ1v) is 6.17. The number of aromatic carboxylic acids is 1. The van der Waals surface area contributed by atoms with Crippen LogP contribution in [0.4, 0.5) is 0 Å². The molecule has 3 rings (SSSR count). The average molecular weight is 245 g/mol. The number of aromatic nitrogens is 1. The topological polar surface area (TPSA) is 50.9 Å². The zero-order chi connectivity index (χ0) is 12.5. The van der Waals surface area contributed by atoms with Gasteiger partial charge in [-0.3, -0.25) is 0 Å². The molecule has 0 aliphatic carbocycles. The number of hydrogen-bond donors (Lipinski definition) is 1. The van der Waals surface area contributed by atoms with Crippen molar-refractivity contribution in [2.75, 3.05) is 13.2 Å². The van der Waals surface area contributed by atoms with Crippen LogP contribution in [0.5, 0.6) is 0 Å². The van der Waals surface area contributed by atoms with E-state index >= 15 is 0 Å². The molecule has 18 heavy (non-hydrogen) atoms. The van der Waals surface area contributed by atoms with Crippen LogP contribution in [0.1, 0.15) is 34.7 Å². The predicted molar refractivity (Wildman–Crippen MR) is 67.2 cm³/mol. The Morgan fingerprint density at radius 2 is 2.06 bits per heavy atom. The summed E-state index contributed by atoms with van der Waals surface area (Å²) in [5.74, 6) is -0.356. The van der Waals surface area contributed by atoms with E-state index < -0.39 is 5.97 Å². The second-order valence-corrected chi connectivity index (χ2v) is 4.72. The van der Waals surface area contributed by atoms with E-state index in [0.29, 0.717) is 11.5 Å². The highest BCUT2D eigenvalue weighted by Gasteiger charge is 2.16. The molecule has 0 aromatic carbocycles. The van der Waals surface area contributed by atoms with Gasteiger partial charge in [0.15, 0.2) is 0 Å². The van der Waals surface area contributed by atoms with Gasteiger partial charge in [-0.05, 0) is 36.5 Å². The first-order valence-electron chi connectivity index (χ1n) is 6.17. The van der Waals surface area contributed by atoms with Crippen LogP contribution >= 0.6 is 0 Å². The molecular formula is C14H15NO3. The standard InChI is InChI=1S/C14H15NO3/c16-14(17)12-7-13-2-1-11(8-15(13)9-12)10-3-5-18-6-4-10/h1-2,7-10H,3-6H2,(H,16,17). The molecule has 1 N–H and O–H groups in total. The molecule has 1 saturated heterocycles. The van der Waals surface area contributed by atoms with Crippen LogP contribution in [0.3, 0.4) is 0 Å². The van der Waals surface area contributed by atoms with Gasteiger partial charge in [0.2, 0.25) is 0 Å². The van der Waals surface area contributed by atoms with Gasteiger partial charge in [-0.25, -0.2) is 4.79 Å². The minimum atomic E-state index is -0.883. The fraction of sp³-hybridized carbons (Fsp3) is 0.357. The minimum Gasteiger partial charge on any atom is -0.478 e. The quantitative estimate of drug-likeness (QED) is 0.884. The maximum Gasteiger partial charge on any atom is 0.337 e. The predicted octanol–water partition coefficient (Wildman–Crippen LogP) is 2.53. The number of carboxylic acids is 1. The van der Waals surface area contributed by atoms with E-state index in [9.17, 15) is 4.79 Å². The molecule has 1 aliphatic rings. The molecule has 0 bridgehead atoms. The summed E-state index contributed by atoms with van der Waals surface area (Å²) in [6.07, 6.45) is 5.79. The van der Waals surface area contributed by atoms with Crippen molar-refractivity contribution in [2.24, 2.45) is 0 Å². The molecule has 2 aromatic rings. The van der Waals surface area contributed by atoms with E-state index in [0.717, 1.165) is 31.6 Å². The molecule has 1 fully saturated rings. The van der Waals surface area contributed by atoms with Crippen molar-refractivity contribution in [3.8, 4) is 0 Å². The highest BCUT2D eigenvalue weighted by Crippen LogP contribution is 2.27. The SMILES string of the molecule is O=C(O)c1cc2ccc(C3CCOCC3)cn2c1. The van der Waals surface area contributed by atoms with Crippen LogP contribution < -0.4 is 0 Å². The van der Waals surface area contributed by atoms with Gasteiger partial charge in [-0.2, -0.15) is 0 Å². The number of carbonyl (C=O) groups is 1. The Labute approximate surface area is 105 Å². The third-order valence-corrected chi connectivity index (χ3v) is 3.55. The van der Waals surface area contributed by atoms with E-state index in [2.05, 4.69) is 6.07 Å². The maximum atomic E-state index is 10.9. The summed E-state index contributed by atoms with van der Waals surface area (Å²) in [5.41, 5.74) is 2.51. The fourth-order valence-electron chi connectivity index (χ4n) is 2.52. The number of ether oxygens (including phenoxy) is 1. The minimum absolute atomic E-state index is 0.333. The van der Waals surface area contributed by atoms with Crippen LogP contribution in [0.2, 0.25) is 0 Å². The number of rotatable bonds is 2. The largest absolute Gasteiger partial charge is 0.478 e. The lowest BCUT2D eigenvalue weighted by atomic mass is 9.93. The van der Waals surface area contributed by atoms with Crippen LogP contribution in [-0.2, 0) is 4.74 Å². The molecule has 0 saturated carbocycles.